The number of ether oxygens (including phenoxy) is 1. The number of carbonyl (C=O) groups is 1. The van der Waals surface area contributed by atoms with Crippen LogP contribution in [-0.4, -0.2) is 74.8 Å². The average molecular weight is 706 g/mol. The summed E-state index contributed by atoms with van der Waals surface area (Å²) >= 11 is 0. The number of hydrogen-bond acceptors (Lipinski definition) is 8. The van der Waals surface area contributed by atoms with Gasteiger partial charge in [0.1, 0.15) is 17.1 Å². The number of pyridine rings is 1. The van der Waals surface area contributed by atoms with Gasteiger partial charge in [-0.2, -0.15) is 0 Å². The number of aromatic amines is 1. The minimum Gasteiger partial charge on any atom is -0.455 e. The van der Waals surface area contributed by atoms with E-state index in [1.807, 2.05) is 36.7 Å². The van der Waals surface area contributed by atoms with Crippen LogP contribution in [-0.2, 0) is 6.54 Å². The predicted octanol–water partition coefficient (Wildman–Crippen LogP) is 8.54. The van der Waals surface area contributed by atoms with Crippen molar-refractivity contribution < 1.29 is 9.53 Å². The van der Waals surface area contributed by atoms with Gasteiger partial charge < -0.3 is 14.6 Å². The number of carbonyl (C=O) groups excluding carboxylic acids is 1. The Hall–Kier alpha value is -5.12. The average Bonchev–Trinajstić information content (AvgIpc) is 3.65. The van der Waals surface area contributed by atoms with E-state index >= 15 is 0 Å². The van der Waals surface area contributed by atoms with Crippen LogP contribution in [0.5, 0.6) is 11.5 Å². The minimum absolute atomic E-state index is 0.355. The Bertz CT molecular complexity index is 2240. The number of piperazine rings is 1. The first-order chi connectivity index (χ1) is 25.9. The lowest BCUT2D eigenvalue weighted by molar-refractivity contribution is -0.0627. The molecule has 1 spiro atoms. The number of aldehydes is 1. The molecule has 1 atom stereocenters. The number of nitrogens with zero attached hydrogens (tertiary/aromatic N) is 6. The first-order valence-corrected chi connectivity index (χ1v) is 19.2. The highest BCUT2D eigenvalue weighted by Gasteiger charge is 2.50. The van der Waals surface area contributed by atoms with Crippen molar-refractivity contribution >= 4 is 34.0 Å². The molecule has 5 heterocycles. The van der Waals surface area contributed by atoms with Crippen molar-refractivity contribution in [1.82, 2.24) is 29.7 Å². The van der Waals surface area contributed by atoms with Gasteiger partial charge in [0.15, 0.2) is 6.29 Å². The van der Waals surface area contributed by atoms with E-state index in [2.05, 4.69) is 92.0 Å². The van der Waals surface area contributed by atoms with Gasteiger partial charge in [0.2, 0.25) is 0 Å². The van der Waals surface area contributed by atoms with Gasteiger partial charge in [-0.05, 0) is 84.0 Å². The van der Waals surface area contributed by atoms with E-state index in [0.29, 0.717) is 40.5 Å². The first-order valence-electron chi connectivity index (χ1n) is 19.2. The molecule has 3 aliphatic rings. The third kappa shape index (κ3) is 6.57. The van der Waals surface area contributed by atoms with Crippen LogP contribution in [0.15, 0.2) is 97.6 Å². The highest BCUT2D eigenvalue weighted by Crippen LogP contribution is 2.53. The normalized spacial score (nSPS) is 19.6. The van der Waals surface area contributed by atoms with Crippen molar-refractivity contribution in [2.75, 3.05) is 37.6 Å². The van der Waals surface area contributed by atoms with Crippen LogP contribution in [0.3, 0.4) is 0 Å². The van der Waals surface area contributed by atoms with Crippen LogP contribution in [0.25, 0.3) is 22.1 Å². The van der Waals surface area contributed by atoms with Gasteiger partial charge in [-0.3, -0.25) is 24.6 Å². The fourth-order valence-corrected chi connectivity index (χ4v) is 9.30. The van der Waals surface area contributed by atoms with E-state index in [0.717, 1.165) is 73.3 Å². The molecule has 270 valence electrons. The lowest BCUT2D eigenvalue weighted by Crippen LogP contribution is -2.60. The van der Waals surface area contributed by atoms with Gasteiger partial charge in [-0.15, -0.1) is 0 Å². The summed E-state index contributed by atoms with van der Waals surface area (Å²) in [4.78, 5) is 36.8. The molecule has 3 aromatic carbocycles. The largest absolute Gasteiger partial charge is 0.455 e. The quantitative estimate of drug-likeness (QED) is 0.150. The number of aromatic nitrogens is 4. The van der Waals surface area contributed by atoms with E-state index in [1.54, 1.807) is 12.4 Å². The Balaban J connectivity index is 0.887. The smallest absolute Gasteiger partial charge is 0.153 e. The van der Waals surface area contributed by atoms with E-state index in [4.69, 9.17) is 9.72 Å². The van der Waals surface area contributed by atoms with Crippen molar-refractivity contribution in [1.29, 1.82) is 0 Å². The zero-order chi connectivity index (χ0) is 35.9. The van der Waals surface area contributed by atoms with E-state index in [9.17, 15) is 4.79 Å². The van der Waals surface area contributed by atoms with Crippen molar-refractivity contribution in [3.8, 4) is 11.5 Å². The fraction of sp³-hybridized carbons (Fsp3) is 0.364. The maximum absolute atomic E-state index is 12.0. The lowest BCUT2D eigenvalue weighted by Gasteiger charge is -2.58. The van der Waals surface area contributed by atoms with Gasteiger partial charge in [0, 0.05) is 87.1 Å². The highest BCUT2D eigenvalue weighted by atomic mass is 16.5. The molecule has 2 aliphatic heterocycles. The molecule has 0 amide bonds. The zero-order valence-corrected chi connectivity index (χ0v) is 30.6. The zero-order valence-electron chi connectivity index (χ0n) is 30.6. The molecule has 9 heteroatoms. The number of hydrogen-bond donors (Lipinski definition) is 1. The predicted molar refractivity (Wildman–Crippen MR) is 210 cm³/mol. The number of nitrogens with one attached hydrogen (secondary N) is 1. The Kier molecular flexibility index (Phi) is 8.92. The fourth-order valence-electron chi connectivity index (χ4n) is 9.30. The summed E-state index contributed by atoms with van der Waals surface area (Å²) in [6, 6.07) is 26.4. The van der Waals surface area contributed by atoms with Crippen LogP contribution in [0.1, 0.15) is 78.5 Å². The molecule has 1 N–H and O–H groups in total. The van der Waals surface area contributed by atoms with Crippen molar-refractivity contribution in [3.05, 3.63) is 120 Å². The van der Waals surface area contributed by atoms with E-state index in [-0.39, 0.29) is 0 Å². The van der Waals surface area contributed by atoms with Gasteiger partial charge in [-0.25, -0.2) is 4.98 Å². The standard InChI is InChI=1S/C44H47N7O2/c1-30(2)37-7-3-4-8-38(37)40-28-49(27-32-6-5-9-39-42(32)46-17-16-45-39)20-21-51(40)35-24-44(25-35)13-18-50(19-14-44)34-11-10-33(29-52)41(23-34)53-36-22-31-12-15-47-43(31)48-26-36/h3-12,15-17,22-23,26,29-30,35,40H,13-14,18-21,24-25,27-28H2,1-2H3,(H,47,48). The second-order valence-corrected chi connectivity index (χ2v) is 15.7. The maximum Gasteiger partial charge on any atom is 0.153 e. The van der Waals surface area contributed by atoms with Crippen LogP contribution in [0.4, 0.5) is 5.69 Å². The summed E-state index contributed by atoms with van der Waals surface area (Å²) in [6.45, 7) is 10.7. The molecule has 1 saturated carbocycles. The molecule has 2 saturated heterocycles. The van der Waals surface area contributed by atoms with Gasteiger partial charge in [0.25, 0.3) is 0 Å². The monoisotopic (exact) mass is 705 g/mol. The van der Waals surface area contributed by atoms with E-state index < -0.39 is 0 Å². The number of para-hydroxylation sites is 1. The number of benzene rings is 3. The van der Waals surface area contributed by atoms with E-state index in [1.165, 1.54) is 42.4 Å². The van der Waals surface area contributed by atoms with Crippen molar-refractivity contribution in [2.24, 2.45) is 5.41 Å². The molecule has 0 radical (unpaired) electrons. The highest BCUT2D eigenvalue weighted by molar-refractivity contribution is 5.82. The Morgan fingerprint density at radius 2 is 1.77 bits per heavy atom. The molecule has 3 fully saturated rings. The summed E-state index contributed by atoms with van der Waals surface area (Å²) in [6.07, 6.45) is 12.9. The van der Waals surface area contributed by atoms with Crippen LogP contribution >= 0.6 is 0 Å². The molecule has 1 unspecified atom stereocenters. The van der Waals surface area contributed by atoms with Gasteiger partial charge >= 0.3 is 0 Å². The second-order valence-electron chi connectivity index (χ2n) is 15.7. The third-order valence-electron chi connectivity index (χ3n) is 12.2. The summed E-state index contributed by atoms with van der Waals surface area (Å²) < 4.78 is 6.24. The third-order valence-corrected chi connectivity index (χ3v) is 12.2. The number of anilines is 1. The minimum atomic E-state index is 0.355. The van der Waals surface area contributed by atoms with Crippen LogP contribution < -0.4 is 9.64 Å². The Labute approximate surface area is 311 Å². The SMILES string of the molecule is CC(C)c1ccccc1C1CN(Cc2cccc3nccnc23)CCN1C1CC2(CCN(c3ccc(C=O)c(Oc4cnc5[nH]ccc5c4)c3)CC2)C1. The van der Waals surface area contributed by atoms with Gasteiger partial charge in [-0.1, -0.05) is 50.2 Å². The van der Waals surface area contributed by atoms with Crippen molar-refractivity contribution in [2.45, 2.75) is 64.1 Å². The first kappa shape index (κ1) is 33.7. The molecule has 3 aromatic heterocycles. The maximum atomic E-state index is 12.0. The molecule has 9 rings (SSSR count). The number of H-pyrrole nitrogens is 1. The molecule has 1 aliphatic carbocycles. The van der Waals surface area contributed by atoms with Crippen LogP contribution in [0, 0.1) is 5.41 Å². The molecule has 53 heavy (non-hydrogen) atoms. The summed E-state index contributed by atoms with van der Waals surface area (Å²) in [5.41, 5.74) is 9.03. The van der Waals surface area contributed by atoms with Gasteiger partial charge in [0.05, 0.1) is 22.8 Å². The molecule has 6 aromatic rings. The molecular formula is C44H47N7O2. The summed E-state index contributed by atoms with van der Waals surface area (Å²) in [5, 5.41) is 0.972. The molecular weight excluding hydrogens is 659 g/mol. The number of rotatable bonds is 9. The Morgan fingerprint density at radius 3 is 2.62 bits per heavy atom. The summed E-state index contributed by atoms with van der Waals surface area (Å²) in [7, 11) is 0. The van der Waals surface area contributed by atoms with Crippen molar-refractivity contribution in [3.63, 3.8) is 0 Å². The number of piperidine rings is 1. The Morgan fingerprint density at radius 1 is 0.925 bits per heavy atom. The topological polar surface area (TPSA) is 90.5 Å². The van der Waals surface area contributed by atoms with Crippen LogP contribution in [0.2, 0.25) is 0 Å². The summed E-state index contributed by atoms with van der Waals surface area (Å²) in [5.74, 6) is 1.66. The number of fused-ring (bicyclic) bond motifs is 2. The molecule has 9 nitrogen and oxygen atoms in total. The second kappa shape index (κ2) is 14.0. The lowest BCUT2D eigenvalue weighted by atomic mass is 9.59. The molecule has 0 bridgehead atoms.